The van der Waals surface area contributed by atoms with Crippen molar-refractivity contribution in [2.24, 2.45) is 0 Å². The zero-order valence-electron chi connectivity index (χ0n) is 15.3. The second-order valence-electron chi connectivity index (χ2n) is 6.03. The van der Waals surface area contributed by atoms with Crippen LogP contribution in [0.3, 0.4) is 0 Å². The molecular formula is C21H18FN3O4. The van der Waals surface area contributed by atoms with Crippen LogP contribution in [0.4, 0.5) is 10.1 Å². The monoisotopic (exact) mass is 395 g/mol. The largest absolute Gasteiger partial charge is 0.459 e. The van der Waals surface area contributed by atoms with Crippen LogP contribution in [-0.2, 0) is 0 Å². The number of hydrogen-bond donors (Lipinski definition) is 3. The van der Waals surface area contributed by atoms with Gasteiger partial charge in [-0.3, -0.25) is 14.4 Å². The van der Waals surface area contributed by atoms with Gasteiger partial charge in [-0.15, -0.1) is 0 Å². The molecule has 3 amide bonds. The average Bonchev–Trinajstić information content (AvgIpc) is 3.26. The van der Waals surface area contributed by atoms with E-state index in [4.69, 9.17) is 4.42 Å². The Morgan fingerprint density at radius 2 is 1.52 bits per heavy atom. The van der Waals surface area contributed by atoms with Gasteiger partial charge >= 0.3 is 0 Å². The highest BCUT2D eigenvalue weighted by Gasteiger charge is 2.10. The van der Waals surface area contributed by atoms with Crippen molar-refractivity contribution in [3.63, 3.8) is 0 Å². The molecule has 29 heavy (non-hydrogen) atoms. The molecule has 0 bridgehead atoms. The summed E-state index contributed by atoms with van der Waals surface area (Å²) >= 11 is 0. The van der Waals surface area contributed by atoms with Crippen LogP contribution in [-0.4, -0.2) is 30.8 Å². The van der Waals surface area contributed by atoms with Gasteiger partial charge in [-0.2, -0.15) is 0 Å². The van der Waals surface area contributed by atoms with Gasteiger partial charge in [-0.1, -0.05) is 6.07 Å². The molecule has 3 N–H and O–H groups in total. The SMILES string of the molecule is O=C(NCCNC(=O)c1ccco1)c1ccc(NC(=O)c2cccc(F)c2)cc1. The number of carbonyl (C=O) groups is 3. The van der Waals surface area contributed by atoms with Gasteiger partial charge in [0.1, 0.15) is 5.82 Å². The van der Waals surface area contributed by atoms with Gasteiger partial charge in [0.2, 0.25) is 0 Å². The topological polar surface area (TPSA) is 100 Å². The van der Waals surface area contributed by atoms with Crippen LogP contribution in [0.25, 0.3) is 0 Å². The zero-order chi connectivity index (χ0) is 20.6. The van der Waals surface area contributed by atoms with E-state index in [1.807, 2.05) is 0 Å². The van der Waals surface area contributed by atoms with E-state index in [1.54, 1.807) is 36.4 Å². The molecule has 1 heterocycles. The predicted octanol–water partition coefficient (Wildman–Crippen LogP) is 2.83. The van der Waals surface area contributed by atoms with E-state index >= 15 is 0 Å². The number of rotatable bonds is 7. The van der Waals surface area contributed by atoms with Crippen LogP contribution in [0.1, 0.15) is 31.3 Å². The number of halogens is 1. The van der Waals surface area contributed by atoms with Crippen LogP contribution >= 0.6 is 0 Å². The minimum atomic E-state index is -0.495. The van der Waals surface area contributed by atoms with Crippen molar-refractivity contribution in [2.75, 3.05) is 18.4 Å². The second kappa shape index (κ2) is 9.32. The Labute approximate surface area is 165 Å². The fourth-order valence-corrected chi connectivity index (χ4v) is 2.49. The molecule has 2 aromatic carbocycles. The molecule has 3 rings (SSSR count). The van der Waals surface area contributed by atoms with Crippen LogP contribution in [0.5, 0.6) is 0 Å². The van der Waals surface area contributed by atoms with Gasteiger partial charge in [0.15, 0.2) is 5.76 Å². The molecule has 0 aliphatic rings. The van der Waals surface area contributed by atoms with Crippen molar-refractivity contribution in [1.29, 1.82) is 0 Å². The minimum Gasteiger partial charge on any atom is -0.459 e. The van der Waals surface area contributed by atoms with Crippen molar-refractivity contribution in [2.45, 2.75) is 0 Å². The van der Waals surface area contributed by atoms with E-state index < -0.39 is 11.7 Å². The summed E-state index contributed by atoms with van der Waals surface area (Å²) in [4.78, 5) is 35.9. The number of nitrogens with one attached hydrogen (secondary N) is 3. The van der Waals surface area contributed by atoms with Gasteiger partial charge in [0.25, 0.3) is 17.7 Å². The molecule has 3 aromatic rings. The summed E-state index contributed by atoms with van der Waals surface area (Å²) in [5, 5.41) is 7.94. The highest BCUT2D eigenvalue weighted by atomic mass is 19.1. The zero-order valence-corrected chi connectivity index (χ0v) is 15.3. The Balaban J connectivity index is 1.46. The molecule has 0 aliphatic carbocycles. The van der Waals surface area contributed by atoms with Crippen LogP contribution in [0.15, 0.2) is 71.3 Å². The smallest absolute Gasteiger partial charge is 0.287 e. The highest BCUT2D eigenvalue weighted by Crippen LogP contribution is 2.12. The molecule has 8 heteroatoms. The third-order valence-electron chi connectivity index (χ3n) is 3.93. The maximum Gasteiger partial charge on any atom is 0.287 e. The van der Waals surface area contributed by atoms with E-state index in [2.05, 4.69) is 16.0 Å². The minimum absolute atomic E-state index is 0.198. The highest BCUT2D eigenvalue weighted by molar-refractivity contribution is 6.04. The maximum absolute atomic E-state index is 13.2. The van der Waals surface area contributed by atoms with Crippen LogP contribution in [0, 0.1) is 5.82 Å². The Bertz CT molecular complexity index is 1000. The average molecular weight is 395 g/mol. The number of hydrogen-bond acceptors (Lipinski definition) is 4. The molecule has 0 radical (unpaired) electrons. The maximum atomic E-state index is 13.2. The van der Waals surface area contributed by atoms with Crippen molar-refractivity contribution in [1.82, 2.24) is 10.6 Å². The first-order valence-corrected chi connectivity index (χ1v) is 8.80. The van der Waals surface area contributed by atoms with Gasteiger partial charge in [-0.25, -0.2) is 4.39 Å². The quantitative estimate of drug-likeness (QED) is 0.536. The van der Waals surface area contributed by atoms with E-state index in [9.17, 15) is 18.8 Å². The molecule has 7 nitrogen and oxygen atoms in total. The predicted molar refractivity (Wildman–Crippen MR) is 104 cm³/mol. The van der Waals surface area contributed by atoms with Crippen LogP contribution < -0.4 is 16.0 Å². The van der Waals surface area contributed by atoms with Gasteiger partial charge in [0, 0.05) is 29.9 Å². The first-order valence-electron chi connectivity index (χ1n) is 8.80. The summed E-state index contributed by atoms with van der Waals surface area (Å²) in [6.45, 7) is 0.483. The van der Waals surface area contributed by atoms with Crippen molar-refractivity contribution < 1.29 is 23.2 Å². The number of benzene rings is 2. The standard InChI is InChI=1S/C21H18FN3O4/c22-16-4-1-3-15(13-16)20(27)25-17-8-6-14(7-9-17)19(26)23-10-11-24-21(28)18-5-2-12-29-18/h1-9,12-13H,10-11H2,(H,23,26)(H,24,28)(H,25,27). The van der Waals surface area contributed by atoms with E-state index in [1.165, 1.54) is 24.5 Å². The van der Waals surface area contributed by atoms with Crippen LogP contribution in [0.2, 0.25) is 0 Å². The molecule has 0 saturated heterocycles. The Kier molecular flexibility index (Phi) is 6.36. The van der Waals surface area contributed by atoms with Crippen molar-refractivity contribution in [3.05, 3.63) is 89.6 Å². The lowest BCUT2D eigenvalue weighted by molar-refractivity contribution is 0.0910. The molecule has 0 fully saturated rings. The Hall–Kier alpha value is -3.94. The molecule has 0 spiro atoms. The first kappa shape index (κ1) is 19.8. The lowest BCUT2D eigenvalue weighted by atomic mass is 10.1. The fourth-order valence-electron chi connectivity index (χ4n) is 2.49. The molecule has 0 saturated carbocycles. The fraction of sp³-hybridized carbons (Fsp3) is 0.0952. The number of anilines is 1. The normalized spacial score (nSPS) is 10.2. The Morgan fingerprint density at radius 1 is 0.793 bits per heavy atom. The summed E-state index contributed by atoms with van der Waals surface area (Å²) in [5.41, 5.74) is 1.07. The summed E-state index contributed by atoms with van der Waals surface area (Å²) in [6.07, 6.45) is 1.40. The van der Waals surface area contributed by atoms with E-state index in [0.717, 1.165) is 6.07 Å². The second-order valence-corrected chi connectivity index (χ2v) is 6.03. The Morgan fingerprint density at radius 3 is 2.17 bits per heavy atom. The van der Waals surface area contributed by atoms with Gasteiger partial charge < -0.3 is 20.4 Å². The lowest BCUT2D eigenvalue weighted by Crippen LogP contribution is -2.34. The van der Waals surface area contributed by atoms with Gasteiger partial charge in [0.05, 0.1) is 6.26 Å². The van der Waals surface area contributed by atoms with E-state index in [-0.39, 0.29) is 36.2 Å². The molecule has 1 aromatic heterocycles. The van der Waals surface area contributed by atoms with Crippen molar-refractivity contribution in [3.8, 4) is 0 Å². The number of furan rings is 1. The summed E-state index contributed by atoms with van der Waals surface area (Å²) in [5.74, 6) is -1.42. The first-order chi connectivity index (χ1) is 14.0. The third kappa shape index (κ3) is 5.52. The molecule has 0 aliphatic heterocycles. The van der Waals surface area contributed by atoms with Gasteiger partial charge in [-0.05, 0) is 54.6 Å². The summed E-state index contributed by atoms with van der Waals surface area (Å²) in [6, 6.07) is 14.8. The summed E-state index contributed by atoms with van der Waals surface area (Å²) in [7, 11) is 0. The molecular weight excluding hydrogens is 377 g/mol. The third-order valence-corrected chi connectivity index (χ3v) is 3.93. The number of amides is 3. The number of carbonyl (C=O) groups excluding carboxylic acids is 3. The van der Waals surface area contributed by atoms with E-state index in [0.29, 0.717) is 11.3 Å². The molecule has 0 atom stereocenters. The lowest BCUT2D eigenvalue weighted by Gasteiger charge is -2.08. The summed E-state index contributed by atoms with van der Waals surface area (Å²) < 4.78 is 18.2. The molecule has 0 unspecified atom stereocenters. The van der Waals surface area contributed by atoms with Crippen molar-refractivity contribution >= 4 is 23.4 Å². The molecule has 148 valence electrons.